The number of benzene rings is 3. The smallest absolute Gasteiger partial charge is 0.434 e. The van der Waals surface area contributed by atoms with Crippen molar-refractivity contribution in [3.63, 3.8) is 0 Å². The Labute approximate surface area is 225 Å². The van der Waals surface area contributed by atoms with Crippen molar-refractivity contribution in [2.75, 3.05) is 7.11 Å². The summed E-state index contributed by atoms with van der Waals surface area (Å²) in [6.07, 6.45) is 4.58. The molecule has 7 heteroatoms. The van der Waals surface area contributed by atoms with Crippen LogP contribution in [0.2, 0.25) is 0 Å². The number of hydrogen-bond acceptors (Lipinski definition) is 6. The van der Waals surface area contributed by atoms with Gasteiger partial charge in [-0.15, -0.1) is 5.10 Å². The molecule has 0 aliphatic heterocycles. The molecule has 2 bridgehead atoms. The van der Waals surface area contributed by atoms with Crippen molar-refractivity contribution >= 4 is 10.9 Å². The molecule has 2 aromatic heterocycles. The predicted molar refractivity (Wildman–Crippen MR) is 148 cm³/mol. The quantitative estimate of drug-likeness (QED) is 0.273. The fourth-order valence-electron chi connectivity index (χ4n) is 6.93. The average Bonchev–Trinajstić information content (AvgIpc) is 3.73. The standard InChI is InChI=1S/C32H29N3O4/c1-37-25-7-4-6-22(16-25)32(18-20-9-11-23(32)15-20)28-17-26(13-14-27(28)30-34-35-31(36)39-30)38-19-24-12-10-21-5-2-3-8-29(21)33-24/h2-8,10,12-14,16-17,20,23H,9,11,15,18-19H2,1H3,(H,35,36)/t20-,23-,32+/m0/s1. The van der Waals surface area contributed by atoms with E-state index in [1.807, 2.05) is 42.5 Å². The van der Waals surface area contributed by atoms with Crippen LogP contribution < -0.4 is 15.2 Å². The highest BCUT2D eigenvalue weighted by molar-refractivity contribution is 5.78. The highest BCUT2D eigenvalue weighted by atomic mass is 16.5. The number of methoxy groups -OCH3 is 1. The minimum absolute atomic E-state index is 0.273. The first-order chi connectivity index (χ1) is 19.1. The summed E-state index contributed by atoms with van der Waals surface area (Å²) in [5.74, 6) is 2.40. The molecule has 2 aliphatic rings. The molecule has 3 atom stereocenters. The molecular formula is C32H29N3O4. The molecule has 0 radical (unpaired) electrons. The monoisotopic (exact) mass is 519 g/mol. The van der Waals surface area contributed by atoms with E-state index in [4.69, 9.17) is 18.9 Å². The lowest BCUT2D eigenvalue weighted by atomic mass is 9.63. The van der Waals surface area contributed by atoms with Gasteiger partial charge in [-0.1, -0.05) is 42.8 Å². The minimum Gasteiger partial charge on any atom is -0.497 e. The van der Waals surface area contributed by atoms with E-state index in [-0.39, 0.29) is 5.41 Å². The summed E-state index contributed by atoms with van der Waals surface area (Å²) in [7, 11) is 1.70. The Hall–Kier alpha value is -4.39. The Morgan fingerprint density at radius 3 is 2.72 bits per heavy atom. The van der Waals surface area contributed by atoms with Crippen LogP contribution in [-0.2, 0) is 12.0 Å². The van der Waals surface area contributed by atoms with E-state index in [1.165, 1.54) is 18.4 Å². The number of para-hydroxylation sites is 1. The van der Waals surface area contributed by atoms with E-state index < -0.39 is 5.76 Å². The van der Waals surface area contributed by atoms with E-state index in [2.05, 4.69) is 46.6 Å². The van der Waals surface area contributed by atoms with Crippen molar-refractivity contribution in [2.24, 2.45) is 11.8 Å². The van der Waals surface area contributed by atoms with Gasteiger partial charge >= 0.3 is 5.76 Å². The average molecular weight is 520 g/mol. The van der Waals surface area contributed by atoms with Crippen LogP contribution in [-0.4, -0.2) is 22.3 Å². The number of pyridine rings is 1. The van der Waals surface area contributed by atoms with E-state index in [0.717, 1.165) is 52.1 Å². The van der Waals surface area contributed by atoms with Crippen LogP contribution >= 0.6 is 0 Å². The fraction of sp³-hybridized carbons (Fsp3) is 0.281. The first-order valence-electron chi connectivity index (χ1n) is 13.4. The van der Waals surface area contributed by atoms with Crippen LogP contribution in [0.25, 0.3) is 22.4 Å². The number of aromatic nitrogens is 3. The van der Waals surface area contributed by atoms with E-state index in [1.54, 1.807) is 7.11 Å². The third kappa shape index (κ3) is 4.09. The zero-order valence-electron chi connectivity index (χ0n) is 21.7. The molecule has 7 nitrogen and oxygen atoms in total. The number of hydrogen-bond donors (Lipinski definition) is 1. The molecule has 0 saturated heterocycles. The van der Waals surface area contributed by atoms with Gasteiger partial charge in [-0.3, -0.25) is 0 Å². The Bertz CT molecular complexity index is 1720. The molecule has 7 rings (SSSR count). The molecule has 5 aromatic rings. The number of nitrogens with one attached hydrogen (secondary N) is 1. The van der Waals surface area contributed by atoms with Crippen LogP contribution in [0.3, 0.4) is 0 Å². The van der Waals surface area contributed by atoms with Gasteiger partial charge in [0.2, 0.25) is 5.89 Å². The maximum absolute atomic E-state index is 11.9. The van der Waals surface area contributed by atoms with Crippen LogP contribution in [0.4, 0.5) is 0 Å². The number of nitrogens with zero attached hydrogens (tertiary/aromatic N) is 2. The van der Waals surface area contributed by atoms with Gasteiger partial charge in [0.25, 0.3) is 0 Å². The molecule has 39 heavy (non-hydrogen) atoms. The Morgan fingerprint density at radius 2 is 1.92 bits per heavy atom. The third-order valence-corrected chi connectivity index (χ3v) is 8.62. The van der Waals surface area contributed by atoms with E-state index >= 15 is 0 Å². The van der Waals surface area contributed by atoms with Gasteiger partial charge in [-0.2, -0.15) is 0 Å². The summed E-state index contributed by atoms with van der Waals surface area (Å²) in [5, 5.41) is 7.75. The number of aromatic amines is 1. The Balaban J connectivity index is 1.33. The van der Waals surface area contributed by atoms with Crippen molar-refractivity contribution in [1.82, 2.24) is 15.2 Å². The van der Waals surface area contributed by atoms with E-state index in [9.17, 15) is 4.79 Å². The SMILES string of the molecule is COc1cccc([C@]2(c3cc(OCc4ccc5ccccc5n4)ccc3-c3n[nH]c(=O)o3)C[C@H]3CC[C@H]2C3)c1. The molecular weight excluding hydrogens is 490 g/mol. The van der Waals surface area contributed by atoms with E-state index in [0.29, 0.717) is 24.3 Å². The summed E-state index contributed by atoms with van der Waals surface area (Å²) >= 11 is 0. The number of H-pyrrole nitrogens is 1. The maximum Gasteiger partial charge on any atom is 0.434 e. The molecule has 2 heterocycles. The number of fused-ring (bicyclic) bond motifs is 3. The highest BCUT2D eigenvalue weighted by Gasteiger charge is 2.54. The second-order valence-electron chi connectivity index (χ2n) is 10.7. The maximum atomic E-state index is 11.9. The summed E-state index contributed by atoms with van der Waals surface area (Å²) < 4.78 is 17.4. The molecule has 2 fully saturated rings. The normalized spacial score (nSPS) is 21.9. The molecule has 0 amide bonds. The summed E-state index contributed by atoms with van der Waals surface area (Å²) in [5.41, 5.74) is 4.62. The second-order valence-corrected chi connectivity index (χ2v) is 10.7. The molecule has 1 N–H and O–H groups in total. The summed E-state index contributed by atoms with van der Waals surface area (Å²) in [6, 6.07) is 26.5. The van der Waals surface area contributed by atoms with Crippen molar-refractivity contribution in [2.45, 2.75) is 37.7 Å². The first kappa shape index (κ1) is 23.7. The first-order valence-corrected chi connectivity index (χ1v) is 13.4. The van der Waals surface area contributed by atoms with Crippen molar-refractivity contribution in [3.8, 4) is 23.0 Å². The van der Waals surface area contributed by atoms with Crippen molar-refractivity contribution < 1.29 is 13.9 Å². The van der Waals surface area contributed by atoms with Crippen molar-refractivity contribution in [3.05, 3.63) is 106 Å². The van der Waals surface area contributed by atoms with Crippen LogP contribution in [0.15, 0.2) is 88.1 Å². The topological polar surface area (TPSA) is 90.2 Å². The lowest BCUT2D eigenvalue weighted by Crippen LogP contribution is -2.34. The molecule has 196 valence electrons. The molecule has 0 unspecified atom stereocenters. The largest absolute Gasteiger partial charge is 0.497 e. The molecule has 2 saturated carbocycles. The van der Waals surface area contributed by atoms with Gasteiger partial charge in [0.05, 0.1) is 18.3 Å². The Morgan fingerprint density at radius 1 is 1.00 bits per heavy atom. The van der Waals surface area contributed by atoms with Crippen LogP contribution in [0, 0.1) is 11.8 Å². The minimum atomic E-state index is -0.568. The number of rotatable bonds is 7. The summed E-state index contributed by atoms with van der Waals surface area (Å²) in [6.45, 7) is 0.347. The molecule has 0 spiro atoms. The Kier molecular flexibility index (Phi) is 5.72. The zero-order valence-corrected chi connectivity index (χ0v) is 21.7. The number of ether oxygens (including phenoxy) is 2. The fourth-order valence-corrected chi connectivity index (χ4v) is 6.93. The lowest BCUT2D eigenvalue weighted by molar-refractivity contribution is 0.295. The third-order valence-electron chi connectivity index (χ3n) is 8.62. The van der Waals surface area contributed by atoms with Crippen LogP contribution in [0.1, 0.15) is 42.5 Å². The zero-order chi connectivity index (χ0) is 26.4. The second kappa shape index (κ2) is 9.42. The lowest BCUT2D eigenvalue weighted by Gasteiger charge is -2.40. The van der Waals surface area contributed by atoms with Gasteiger partial charge in [0.1, 0.15) is 18.1 Å². The van der Waals surface area contributed by atoms with Crippen molar-refractivity contribution in [1.29, 1.82) is 0 Å². The summed E-state index contributed by atoms with van der Waals surface area (Å²) in [4.78, 5) is 16.7. The highest BCUT2D eigenvalue weighted by Crippen LogP contribution is 2.61. The van der Waals surface area contributed by atoms with Gasteiger partial charge in [0.15, 0.2) is 0 Å². The van der Waals surface area contributed by atoms with Gasteiger partial charge < -0.3 is 13.9 Å². The molecule has 2 aliphatic carbocycles. The van der Waals surface area contributed by atoms with Gasteiger partial charge in [0, 0.05) is 16.4 Å². The van der Waals surface area contributed by atoms with Crippen LogP contribution in [0.5, 0.6) is 11.5 Å². The molecule has 3 aromatic carbocycles. The van der Waals surface area contributed by atoms with Gasteiger partial charge in [-0.25, -0.2) is 14.9 Å². The predicted octanol–water partition coefficient (Wildman–Crippen LogP) is 6.27. The van der Waals surface area contributed by atoms with Gasteiger partial charge in [-0.05, 0) is 84.7 Å².